The lowest BCUT2D eigenvalue weighted by molar-refractivity contribution is 1.20. The Hall–Kier alpha value is -0.940. The molecule has 2 heterocycles. The molecule has 2 aromatic rings. The number of thiazole rings is 2. The van der Waals surface area contributed by atoms with Gasteiger partial charge in [0.05, 0.1) is 21.3 Å². The first-order valence-corrected chi connectivity index (χ1v) is 6.34. The minimum Gasteiger partial charge on any atom is -0.365 e. The highest BCUT2D eigenvalue weighted by molar-refractivity contribution is 7.17. The Kier molecular flexibility index (Phi) is 2.75. The molecule has 0 bridgehead atoms. The van der Waals surface area contributed by atoms with E-state index in [0.29, 0.717) is 0 Å². The molecule has 5 heteroatoms. The number of aromatic nitrogens is 2. The highest BCUT2D eigenvalue weighted by Gasteiger charge is 2.14. The second-order valence-corrected chi connectivity index (χ2v) is 5.73. The van der Waals surface area contributed by atoms with E-state index in [9.17, 15) is 0 Å². The third-order valence-corrected chi connectivity index (χ3v) is 4.20. The van der Waals surface area contributed by atoms with Gasteiger partial charge in [0.1, 0.15) is 0 Å². The van der Waals surface area contributed by atoms with E-state index in [4.69, 9.17) is 0 Å². The third-order valence-electron chi connectivity index (χ3n) is 2.13. The summed E-state index contributed by atoms with van der Waals surface area (Å²) in [7, 11) is 1.90. The smallest absolute Gasteiger partial charge is 0.183 e. The normalized spacial score (nSPS) is 10.7. The van der Waals surface area contributed by atoms with Gasteiger partial charge < -0.3 is 5.32 Å². The summed E-state index contributed by atoms with van der Waals surface area (Å²) in [5.41, 5.74) is 2.15. The van der Waals surface area contributed by atoms with Crippen molar-refractivity contribution in [1.82, 2.24) is 9.97 Å². The Bertz CT molecular complexity index is 485. The molecule has 2 aromatic heterocycles. The maximum Gasteiger partial charge on any atom is 0.183 e. The molecule has 0 aliphatic heterocycles. The van der Waals surface area contributed by atoms with Crippen molar-refractivity contribution < 1.29 is 0 Å². The summed E-state index contributed by atoms with van der Waals surface area (Å²) < 4.78 is 0. The van der Waals surface area contributed by atoms with Gasteiger partial charge in [0, 0.05) is 11.9 Å². The van der Waals surface area contributed by atoms with Crippen LogP contribution in [-0.2, 0) is 0 Å². The van der Waals surface area contributed by atoms with E-state index in [1.807, 2.05) is 20.9 Å². The standard InChI is InChI=1S/C10H13N3S2/c1-5-9(15-7(3)12-5)8-6(2)14-10(11-4)13-8/h1-4H3,(H,11,13). The average Bonchev–Trinajstić information content (AvgIpc) is 2.69. The molecule has 0 aliphatic carbocycles. The van der Waals surface area contributed by atoms with Crippen molar-refractivity contribution in [2.75, 3.05) is 12.4 Å². The topological polar surface area (TPSA) is 37.8 Å². The minimum atomic E-state index is 0.966. The molecule has 0 saturated heterocycles. The Morgan fingerprint density at radius 2 is 1.80 bits per heavy atom. The first-order valence-electron chi connectivity index (χ1n) is 4.71. The van der Waals surface area contributed by atoms with Crippen LogP contribution < -0.4 is 5.32 Å². The highest BCUT2D eigenvalue weighted by Crippen LogP contribution is 2.35. The number of rotatable bonds is 2. The summed E-state index contributed by atoms with van der Waals surface area (Å²) in [6, 6.07) is 0. The predicted octanol–water partition coefficient (Wildman–Crippen LogP) is 3.23. The van der Waals surface area contributed by atoms with Crippen LogP contribution >= 0.6 is 22.7 Å². The third kappa shape index (κ3) is 1.89. The summed E-state index contributed by atoms with van der Waals surface area (Å²) >= 11 is 3.39. The molecule has 1 N–H and O–H groups in total. The largest absolute Gasteiger partial charge is 0.365 e. The second kappa shape index (κ2) is 3.90. The Morgan fingerprint density at radius 1 is 1.07 bits per heavy atom. The highest BCUT2D eigenvalue weighted by atomic mass is 32.1. The van der Waals surface area contributed by atoms with Crippen LogP contribution in [-0.4, -0.2) is 17.0 Å². The van der Waals surface area contributed by atoms with Crippen LogP contribution in [0.25, 0.3) is 10.6 Å². The summed E-state index contributed by atoms with van der Waals surface area (Å²) in [4.78, 5) is 11.4. The van der Waals surface area contributed by atoms with E-state index in [1.165, 1.54) is 9.75 Å². The molecule has 0 aliphatic rings. The Balaban J connectivity index is 2.53. The molecule has 0 spiro atoms. The fourth-order valence-corrected chi connectivity index (χ4v) is 3.27. The van der Waals surface area contributed by atoms with Crippen molar-refractivity contribution in [2.24, 2.45) is 0 Å². The van der Waals surface area contributed by atoms with E-state index >= 15 is 0 Å². The van der Waals surface area contributed by atoms with E-state index in [0.717, 1.165) is 21.5 Å². The maximum absolute atomic E-state index is 4.55. The van der Waals surface area contributed by atoms with Gasteiger partial charge in [-0.3, -0.25) is 0 Å². The molecule has 0 amide bonds. The monoisotopic (exact) mass is 239 g/mol. The van der Waals surface area contributed by atoms with Gasteiger partial charge >= 0.3 is 0 Å². The number of nitrogens with zero attached hydrogens (tertiary/aromatic N) is 2. The van der Waals surface area contributed by atoms with Gasteiger partial charge in [-0.1, -0.05) is 0 Å². The maximum atomic E-state index is 4.55. The van der Waals surface area contributed by atoms with Crippen molar-refractivity contribution in [3.05, 3.63) is 15.6 Å². The summed E-state index contributed by atoms with van der Waals surface area (Å²) in [6.07, 6.45) is 0. The molecule has 15 heavy (non-hydrogen) atoms. The number of nitrogens with one attached hydrogen (secondary N) is 1. The van der Waals surface area contributed by atoms with Gasteiger partial charge in [-0.2, -0.15) is 0 Å². The molecule has 0 atom stereocenters. The zero-order valence-corrected chi connectivity index (χ0v) is 10.8. The van der Waals surface area contributed by atoms with Crippen LogP contribution in [0, 0.1) is 20.8 Å². The van der Waals surface area contributed by atoms with Gasteiger partial charge in [0.15, 0.2) is 5.13 Å². The Labute approximate surface area is 97.2 Å². The molecular formula is C10H13N3S2. The molecule has 0 unspecified atom stereocenters. The molecule has 2 rings (SSSR count). The fourth-order valence-electron chi connectivity index (χ4n) is 1.47. The van der Waals surface area contributed by atoms with Crippen molar-refractivity contribution in [3.8, 4) is 10.6 Å². The van der Waals surface area contributed by atoms with Crippen molar-refractivity contribution in [2.45, 2.75) is 20.8 Å². The van der Waals surface area contributed by atoms with Crippen molar-refractivity contribution in [3.63, 3.8) is 0 Å². The first kappa shape index (κ1) is 10.6. The molecule has 0 saturated carbocycles. The molecule has 3 nitrogen and oxygen atoms in total. The van der Waals surface area contributed by atoms with Crippen LogP contribution in [0.3, 0.4) is 0 Å². The lowest BCUT2D eigenvalue weighted by Crippen LogP contribution is -1.86. The molecule has 80 valence electrons. The van der Waals surface area contributed by atoms with E-state index in [-0.39, 0.29) is 0 Å². The number of anilines is 1. The van der Waals surface area contributed by atoms with Crippen LogP contribution in [0.2, 0.25) is 0 Å². The predicted molar refractivity (Wildman–Crippen MR) is 67.0 cm³/mol. The van der Waals surface area contributed by atoms with E-state index in [1.54, 1.807) is 22.7 Å². The average molecular weight is 239 g/mol. The van der Waals surface area contributed by atoms with E-state index < -0.39 is 0 Å². The second-order valence-electron chi connectivity index (χ2n) is 3.32. The number of hydrogen-bond acceptors (Lipinski definition) is 5. The van der Waals surface area contributed by atoms with E-state index in [2.05, 4.69) is 22.2 Å². The van der Waals surface area contributed by atoms with Gasteiger partial charge in [0.25, 0.3) is 0 Å². The number of aryl methyl sites for hydroxylation is 3. The van der Waals surface area contributed by atoms with Crippen LogP contribution in [0.15, 0.2) is 0 Å². The van der Waals surface area contributed by atoms with Crippen LogP contribution in [0.1, 0.15) is 15.6 Å². The zero-order valence-electron chi connectivity index (χ0n) is 9.21. The molecule has 0 fully saturated rings. The van der Waals surface area contributed by atoms with Gasteiger partial charge in [0.2, 0.25) is 0 Å². The van der Waals surface area contributed by atoms with Crippen LogP contribution in [0.4, 0.5) is 5.13 Å². The summed E-state index contributed by atoms with van der Waals surface area (Å²) in [6.45, 7) is 6.17. The molecular weight excluding hydrogens is 226 g/mol. The SMILES string of the molecule is CNc1nc(-c2sc(C)nc2C)c(C)s1. The van der Waals surface area contributed by atoms with Crippen molar-refractivity contribution >= 4 is 27.8 Å². The minimum absolute atomic E-state index is 0.966. The van der Waals surface area contributed by atoms with Crippen LogP contribution in [0.5, 0.6) is 0 Å². The summed E-state index contributed by atoms with van der Waals surface area (Å²) in [5.74, 6) is 0. The zero-order chi connectivity index (χ0) is 11.0. The summed E-state index contributed by atoms with van der Waals surface area (Å²) in [5, 5.41) is 5.14. The lowest BCUT2D eigenvalue weighted by atomic mass is 10.3. The van der Waals surface area contributed by atoms with Gasteiger partial charge in [-0.05, 0) is 20.8 Å². The first-order chi connectivity index (χ1) is 7.11. The number of hydrogen-bond donors (Lipinski definition) is 1. The lowest BCUT2D eigenvalue weighted by Gasteiger charge is -1.93. The van der Waals surface area contributed by atoms with Crippen molar-refractivity contribution in [1.29, 1.82) is 0 Å². The van der Waals surface area contributed by atoms with Gasteiger partial charge in [-0.25, -0.2) is 9.97 Å². The van der Waals surface area contributed by atoms with Gasteiger partial charge in [-0.15, -0.1) is 22.7 Å². The molecule has 0 radical (unpaired) electrons. The quantitative estimate of drug-likeness (QED) is 0.874. The molecule has 0 aromatic carbocycles. The Morgan fingerprint density at radius 3 is 2.27 bits per heavy atom. The fraction of sp³-hybridized carbons (Fsp3) is 0.400.